The predicted molar refractivity (Wildman–Crippen MR) is 400 cm³/mol. The van der Waals surface area contributed by atoms with Gasteiger partial charge in [0, 0.05) is 50.0 Å². The number of hydrogen-bond donors (Lipinski definition) is 0. The molecule has 0 unspecified atom stereocenters. The zero-order valence-corrected chi connectivity index (χ0v) is 53.8. The van der Waals surface area contributed by atoms with Crippen molar-refractivity contribution in [3.05, 3.63) is 339 Å². The second-order valence-electron chi connectivity index (χ2n) is 25.5. The summed E-state index contributed by atoms with van der Waals surface area (Å²) in [6.07, 6.45) is 0. The van der Waals surface area contributed by atoms with Crippen molar-refractivity contribution >= 4 is 32.6 Å². The highest BCUT2D eigenvalue weighted by atomic mass is 15.1. The van der Waals surface area contributed by atoms with E-state index < -0.39 is 0 Å². The van der Waals surface area contributed by atoms with Gasteiger partial charge in [0.05, 0.1) is 11.0 Å². The van der Waals surface area contributed by atoms with E-state index in [-0.39, 0.29) is 5.41 Å². The molecular formula is C90H60N8. The highest BCUT2D eigenvalue weighted by Crippen LogP contribution is 2.53. The summed E-state index contributed by atoms with van der Waals surface area (Å²) in [5, 5.41) is 4.15. The van der Waals surface area contributed by atoms with Crippen molar-refractivity contribution in [3.63, 3.8) is 0 Å². The van der Waals surface area contributed by atoms with Gasteiger partial charge in [0.15, 0.2) is 34.9 Å². The lowest BCUT2D eigenvalue weighted by molar-refractivity contribution is 0.660. The molecule has 0 amide bonds. The number of benzene rings is 14. The Morgan fingerprint density at radius 3 is 1.32 bits per heavy atom. The molecule has 0 N–H and O–H groups in total. The van der Waals surface area contributed by atoms with E-state index in [2.05, 4.69) is 279 Å². The zero-order chi connectivity index (χ0) is 65.3. The van der Waals surface area contributed by atoms with Crippen molar-refractivity contribution in [2.45, 2.75) is 19.3 Å². The van der Waals surface area contributed by atoms with Gasteiger partial charge in [0.25, 0.3) is 0 Å². The minimum Gasteiger partial charge on any atom is -0.292 e. The molecule has 0 saturated carbocycles. The SMILES string of the molecule is CC1(C)c2ccccc2-c2c(-c3ccc(-c4ccc5c(-c6cccc(-c7nc(-c8ccccc8)nc(-c8c(-c9ccc(-c%10nc%11ccccc%11n%10-c%10ccccc%10)cc9)ccc9ccccc89)n7)c6)cccc5c4-c4nc(-c5ccccc5)nc(-c5ccccc5)n4)cc3)cccc21. The van der Waals surface area contributed by atoms with E-state index in [9.17, 15) is 0 Å². The van der Waals surface area contributed by atoms with Gasteiger partial charge in [-0.2, -0.15) is 0 Å². The van der Waals surface area contributed by atoms with Crippen LogP contribution in [0, 0.1) is 0 Å². The first-order valence-corrected chi connectivity index (χ1v) is 33.2. The molecule has 18 rings (SSSR count). The first-order chi connectivity index (χ1) is 48.3. The van der Waals surface area contributed by atoms with Crippen molar-refractivity contribution in [1.29, 1.82) is 0 Å². The van der Waals surface area contributed by atoms with E-state index in [1.54, 1.807) is 0 Å². The number of hydrogen-bond acceptors (Lipinski definition) is 7. The number of imidazole rings is 1. The summed E-state index contributed by atoms with van der Waals surface area (Å²) in [6.45, 7) is 4.67. The second kappa shape index (κ2) is 23.8. The monoisotopic (exact) mass is 1250 g/mol. The lowest BCUT2D eigenvalue weighted by Gasteiger charge is -2.21. The molecule has 14 aromatic carbocycles. The van der Waals surface area contributed by atoms with Gasteiger partial charge in [0.2, 0.25) is 0 Å². The molecule has 0 aliphatic heterocycles. The van der Waals surface area contributed by atoms with Gasteiger partial charge in [-0.3, -0.25) is 4.57 Å². The molecule has 98 heavy (non-hydrogen) atoms. The Balaban J connectivity index is 0.784. The number of para-hydroxylation sites is 3. The van der Waals surface area contributed by atoms with Gasteiger partial charge in [-0.1, -0.05) is 311 Å². The summed E-state index contributed by atoms with van der Waals surface area (Å²) in [4.78, 5) is 37.5. The van der Waals surface area contributed by atoms with Crippen molar-refractivity contribution in [2.24, 2.45) is 0 Å². The third-order valence-corrected chi connectivity index (χ3v) is 19.4. The molecule has 0 radical (unpaired) electrons. The van der Waals surface area contributed by atoms with Crippen LogP contribution in [0.5, 0.6) is 0 Å². The Morgan fingerprint density at radius 1 is 0.245 bits per heavy atom. The van der Waals surface area contributed by atoms with Crippen LogP contribution in [-0.2, 0) is 5.41 Å². The van der Waals surface area contributed by atoms with E-state index in [0.29, 0.717) is 34.9 Å². The molecule has 3 aromatic heterocycles. The highest BCUT2D eigenvalue weighted by molar-refractivity contribution is 6.09. The minimum atomic E-state index is -0.113. The maximum absolute atomic E-state index is 5.53. The predicted octanol–water partition coefficient (Wildman–Crippen LogP) is 22.3. The second-order valence-corrected chi connectivity index (χ2v) is 25.5. The standard InChI is InChI=1S/C90H60N8/c1-90(2)76-40-18-17-36-75(76)80-69(38-23-41-77(80)90)58-44-46-59(47-45-58)72-54-55-73-68(37-22-39-74(73)82(72)88-95-83(61-25-7-3-8-26-61)92-84(96-88)62-27-9-4-10-28-62)65-31-21-32-66(56-65)86-93-85(63-29-11-5-12-30-63)94-87(97-86)81-70-35-16-15-24-57(70)52-53-71(81)60-48-50-64(51-49-60)89-91-78-42-19-20-43-79(78)98(89)67-33-13-6-14-34-67/h3-56H,1-2H3. The quantitative estimate of drug-likeness (QED) is 0.120. The summed E-state index contributed by atoms with van der Waals surface area (Å²) in [7, 11) is 0. The van der Waals surface area contributed by atoms with E-state index in [4.69, 9.17) is 34.9 Å². The van der Waals surface area contributed by atoms with Gasteiger partial charge in [-0.05, 0) is 119 Å². The molecule has 8 heteroatoms. The largest absolute Gasteiger partial charge is 0.292 e. The molecule has 1 aliphatic carbocycles. The number of aromatic nitrogens is 8. The molecule has 1 aliphatic rings. The van der Waals surface area contributed by atoms with Crippen molar-refractivity contribution in [1.82, 2.24) is 39.5 Å². The zero-order valence-electron chi connectivity index (χ0n) is 53.8. The highest BCUT2D eigenvalue weighted by Gasteiger charge is 2.36. The van der Waals surface area contributed by atoms with Crippen LogP contribution in [0.1, 0.15) is 25.0 Å². The van der Waals surface area contributed by atoms with Crippen molar-refractivity contribution in [2.75, 3.05) is 0 Å². The summed E-state index contributed by atoms with van der Waals surface area (Å²) >= 11 is 0. The first kappa shape index (κ1) is 57.7. The fourth-order valence-electron chi connectivity index (χ4n) is 14.6. The van der Waals surface area contributed by atoms with E-state index >= 15 is 0 Å². The van der Waals surface area contributed by atoms with Crippen LogP contribution in [0.15, 0.2) is 328 Å². The Bertz CT molecular complexity index is 5870. The lowest BCUT2D eigenvalue weighted by Crippen LogP contribution is -2.14. The van der Waals surface area contributed by atoms with Crippen LogP contribution in [0.25, 0.3) is 174 Å². The van der Waals surface area contributed by atoms with Gasteiger partial charge < -0.3 is 0 Å². The Hall–Kier alpha value is -12.9. The van der Waals surface area contributed by atoms with Crippen LogP contribution < -0.4 is 0 Å². The number of nitrogens with zero attached hydrogens (tertiary/aromatic N) is 8. The molecule has 17 aromatic rings. The Kier molecular flexibility index (Phi) is 14.0. The van der Waals surface area contributed by atoms with Crippen molar-refractivity contribution in [3.8, 4) is 141 Å². The van der Waals surface area contributed by atoms with Crippen molar-refractivity contribution < 1.29 is 0 Å². The minimum absolute atomic E-state index is 0.113. The molecule has 0 fully saturated rings. The van der Waals surface area contributed by atoms with Gasteiger partial charge in [-0.25, -0.2) is 34.9 Å². The topological polar surface area (TPSA) is 95.2 Å². The van der Waals surface area contributed by atoms with Gasteiger partial charge in [0.1, 0.15) is 5.82 Å². The smallest absolute Gasteiger partial charge is 0.165 e. The van der Waals surface area contributed by atoms with E-state index in [0.717, 1.165) is 122 Å². The average molecular weight is 1250 g/mol. The van der Waals surface area contributed by atoms with Crippen LogP contribution in [-0.4, -0.2) is 39.5 Å². The summed E-state index contributed by atoms with van der Waals surface area (Å²) < 4.78 is 2.24. The first-order valence-electron chi connectivity index (χ1n) is 33.2. The van der Waals surface area contributed by atoms with Gasteiger partial charge in [-0.15, -0.1) is 0 Å². The Morgan fingerprint density at radius 2 is 0.673 bits per heavy atom. The third-order valence-electron chi connectivity index (χ3n) is 19.4. The molecule has 460 valence electrons. The number of rotatable bonds is 12. The normalized spacial score (nSPS) is 12.3. The molecule has 0 spiro atoms. The van der Waals surface area contributed by atoms with Crippen LogP contribution >= 0.6 is 0 Å². The maximum Gasteiger partial charge on any atom is 0.165 e. The molecule has 8 nitrogen and oxygen atoms in total. The fourth-order valence-corrected chi connectivity index (χ4v) is 14.6. The van der Waals surface area contributed by atoms with Gasteiger partial charge >= 0.3 is 0 Å². The summed E-state index contributed by atoms with van der Waals surface area (Å²) in [5.74, 6) is 4.33. The lowest BCUT2D eigenvalue weighted by atomic mass is 9.82. The third kappa shape index (κ3) is 10.0. The van der Waals surface area contributed by atoms with Crippen LogP contribution in [0.2, 0.25) is 0 Å². The van der Waals surface area contributed by atoms with Crippen LogP contribution in [0.3, 0.4) is 0 Å². The molecule has 0 bridgehead atoms. The average Bonchev–Trinajstić information content (AvgIpc) is 1.08. The van der Waals surface area contributed by atoms with E-state index in [1.165, 1.54) is 27.8 Å². The molecule has 0 saturated heterocycles. The Labute approximate surface area is 567 Å². The maximum atomic E-state index is 5.53. The number of fused-ring (bicyclic) bond motifs is 6. The van der Waals surface area contributed by atoms with Crippen LogP contribution in [0.4, 0.5) is 0 Å². The summed E-state index contributed by atoms with van der Waals surface area (Å²) in [6, 6.07) is 115. The van der Waals surface area contributed by atoms with E-state index in [1.807, 2.05) is 66.7 Å². The molecule has 0 atom stereocenters. The molecular weight excluding hydrogens is 1190 g/mol. The molecule has 3 heterocycles. The fraction of sp³-hybridized carbons (Fsp3) is 0.0333. The summed E-state index contributed by atoms with van der Waals surface area (Å²) in [5.41, 5.74) is 23.1.